The minimum absolute atomic E-state index is 0.271. The van der Waals surface area contributed by atoms with Crippen LogP contribution in [-0.4, -0.2) is 24.1 Å². The maximum atomic E-state index is 5.88. The first-order chi connectivity index (χ1) is 7.13. The normalized spacial score (nSPS) is 10.6. The third kappa shape index (κ3) is 1.70. The third-order valence-electron chi connectivity index (χ3n) is 2.04. The van der Waals surface area contributed by atoms with Gasteiger partial charge in [-0.05, 0) is 11.6 Å². The zero-order valence-corrected chi connectivity index (χ0v) is 10.1. The number of hydrogen-bond donors (Lipinski definition) is 0. The molecular weight excluding hydrogens is 230 g/mol. The van der Waals surface area contributed by atoms with Gasteiger partial charge >= 0.3 is 0 Å². The average molecular weight is 240 g/mol. The lowest BCUT2D eigenvalue weighted by Crippen LogP contribution is -2.11. The molecule has 0 amide bonds. The van der Waals surface area contributed by atoms with Crippen molar-refractivity contribution in [2.45, 2.75) is 0 Å². The molecule has 0 saturated carbocycles. The molecule has 0 atom stereocenters. The van der Waals surface area contributed by atoms with Crippen molar-refractivity contribution in [3.05, 3.63) is 22.8 Å². The molecule has 0 radical (unpaired) electrons. The highest BCUT2D eigenvalue weighted by atomic mass is 35.5. The van der Waals surface area contributed by atoms with Gasteiger partial charge in [0.2, 0.25) is 5.28 Å². The first kappa shape index (κ1) is 10.4. The van der Waals surface area contributed by atoms with Crippen LogP contribution in [-0.2, 0) is 0 Å². The van der Waals surface area contributed by atoms with E-state index in [1.807, 2.05) is 24.4 Å². The van der Waals surface area contributed by atoms with Gasteiger partial charge in [-0.2, -0.15) is 4.98 Å². The summed E-state index contributed by atoms with van der Waals surface area (Å²) in [7, 11) is 3.87. The lowest BCUT2D eigenvalue weighted by Gasteiger charge is -2.11. The van der Waals surface area contributed by atoms with Crippen LogP contribution in [0.15, 0.2) is 12.0 Å². The zero-order valence-electron chi connectivity index (χ0n) is 8.49. The molecule has 0 saturated heterocycles. The lowest BCUT2D eigenvalue weighted by atomic mass is 10.3. The summed E-state index contributed by atoms with van der Waals surface area (Å²) in [5, 5.41) is 2.28. The Labute approximate surface area is 97.0 Å². The van der Waals surface area contributed by atoms with Crippen molar-refractivity contribution in [3.63, 3.8) is 0 Å². The first-order valence-corrected chi connectivity index (χ1v) is 5.63. The summed E-state index contributed by atoms with van der Waals surface area (Å²) in [5.74, 6) is 0.850. The van der Waals surface area contributed by atoms with E-state index in [0.29, 0.717) is 0 Å². The molecule has 2 aromatic heterocycles. The highest BCUT2D eigenvalue weighted by molar-refractivity contribution is 7.18. The standard InChI is InChI=1S/C10H10ClN3S/c1-4-6-5-15-8-7(6)12-10(11)13-9(8)14(2)3/h4-5H,1H2,2-3H3. The molecule has 2 rings (SSSR count). The van der Waals surface area contributed by atoms with Gasteiger partial charge in [0.1, 0.15) is 0 Å². The van der Waals surface area contributed by atoms with Crippen LogP contribution in [0.5, 0.6) is 0 Å². The van der Waals surface area contributed by atoms with Gasteiger partial charge in [-0.3, -0.25) is 0 Å². The van der Waals surface area contributed by atoms with Crippen molar-refractivity contribution >= 4 is 45.0 Å². The molecule has 0 unspecified atom stereocenters. The van der Waals surface area contributed by atoms with E-state index >= 15 is 0 Å². The highest BCUT2D eigenvalue weighted by Gasteiger charge is 2.12. The second-order valence-corrected chi connectivity index (χ2v) is 4.50. The Bertz CT molecular complexity index is 519. The van der Waals surface area contributed by atoms with Crippen LogP contribution in [0.3, 0.4) is 0 Å². The number of fused-ring (bicyclic) bond motifs is 1. The van der Waals surface area contributed by atoms with Crippen LogP contribution < -0.4 is 4.90 Å². The van der Waals surface area contributed by atoms with Crippen LogP contribution in [0.2, 0.25) is 5.28 Å². The zero-order chi connectivity index (χ0) is 11.0. The van der Waals surface area contributed by atoms with Crippen molar-refractivity contribution in [3.8, 4) is 0 Å². The van der Waals surface area contributed by atoms with Gasteiger partial charge in [-0.1, -0.05) is 12.7 Å². The van der Waals surface area contributed by atoms with Gasteiger partial charge < -0.3 is 4.90 Å². The van der Waals surface area contributed by atoms with Gasteiger partial charge in [0.05, 0.1) is 10.2 Å². The molecule has 78 valence electrons. The quantitative estimate of drug-likeness (QED) is 0.755. The predicted octanol–water partition coefficient (Wildman–Crippen LogP) is 3.05. The molecule has 0 aliphatic heterocycles. The number of halogens is 1. The first-order valence-electron chi connectivity index (χ1n) is 4.38. The van der Waals surface area contributed by atoms with Gasteiger partial charge in [-0.15, -0.1) is 11.3 Å². The van der Waals surface area contributed by atoms with E-state index < -0.39 is 0 Å². The maximum Gasteiger partial charge on any atom is 0.224 e. The number of thiophene rings is 1. The van der Waals surface area contributed by atoms with Gasteiger partial charge in [0.25, 0.3) is 0 Å². The van der Waals surface area contributed by atoms with Crippen molar-refractivity contribution in [1.29, 1.82) is 0 Å². The topological polar surface area (TPSA) is 29.0 Å². The summed E-state index contributed by atoms with van der Waals surface area (Å²) in [6.45, 7) is 3.75. The second kappa shape index (κ2) is 3.79. The van der Waals surface area contributed by atoms with Crippen LogP contribution in [0.4, 0.5) is 5.82 Å². The van der Waals surface area contributed by atoms with Crippen LogP contribution in [0.1, 0.15) is 5.56 Å². The Hall–Kier alpha value is -1.13. The second-order valence-electron chi connectivity index (χ2n) is 3.28. The Kier molecular flexibility index (Phi) is 2.63. The molecule has 2 heterocycles. The molecule has 15 heavy (non-hydrogen) atoms. The number of rotatable bonds is 2. The summed E-state index contributed by atoms with van der Waals surface area (Å²) < 4.78 is 1.04. The molecule has 3 nitrogen and oxygen atoms in total. The summed E-state index contributed by atoms with van der Waals surface area (Å²) in [6.07, 6.45) is 1.78. The fraction of sp³-hybridized carbons (Fsp3) is 0.200. The summed E-state index contributed by atoms with van der Waals surface area (Å²) >= 11 is 7.48. The van der Waals surface area contributed by atoms with Crippen molar-refractivity contribution < 1.29 is 0 Å². The fourth-order valence-electron chi connectivity index (χ4n) is 1.34. The maximum absolute atomic E-state index is 5.88. The van der Waals surface area contributed by atoms with E-state index in [2.05, 4.69) is 16.5 Å². The Balaban J connectivity index is 2.82. The Morgan fingerprint density at radius 2 is 2.20 bits per heavy atom. The minimum Gasteiger partial charge on any atom is -0.361 e. The molecule has 0 bridgehead atoms. The third-order valence-corrected chi connectivity index (χ3v) is 3.19. The molecule has 0 fully saturated rings. The highest BCUT2D eigenvalue weighted by Crippen LogP contribution is 2.32. The minimum atomic E-state index is 0.271. The van der Waals surface area contributed by atoms with E-state index in [4.69, 9.17) is 11.6 Å². The van der Waals surface area contributed by atoms with Crippen molar-refractivity contribution in [1.82, 2.24) is 9.97 Å². The number of aromatic nitrogens is 2. The van der Waals surface area contributed by atoms with Crippen molar-refractivity contribution in [2.75, 3.05) is 19.0 Å². The monoisotopic (exact) mass is 239 g/mol. The summed E-state index contributed by atoms with van der Waals surface area (Å²) in [5.41, 5.74) is 1.88. The average Bonchev–Trinajstić information content (AvgIpc) is 2.58. The molecule has 0 N–H and O–H groups in total. The molecule has 0 aromatic carbocycles. The molecule has 0 aliphatic rings. The van der Waals surface area contributed by atoms with Crippen LogP contribution in [0.25, 0.3) is 16.3 Å². The van der Waals surface area contributed by atoms with E-state index in [9.17, 15) is 0 Å². The molecule has 2 aromatic rings. The molecule has 5 heteroatoms. The van der Waals surface area contributed by atoms with Crippen LogP contribution >= 0.6 is 22.9 Å². The number of hydrogen-bond acceptors (Lipinski definition) is 4. The predicted molar refractivity (Wildman–Crippen MR) is 66.8 cm³/mol. The number of anilines is 1. The SMILES string of the molecule is C=Cc1csc2c(N(C)C)nc(Cl)nc12. The van der Waals surface area contributed by atoms with Gasteiger partial charge in [0, 0.05) is 25.0 Å². The summed E-state index contributed by atoms with van der Waals surface area (Å²) in [4.78, 5) is 10.4. The Morgan fingerprint density at radius 1 is 1.47 bits per heavy atom. The number of nitrogens with zero attached hydrogens (tertiary/aromatic N) is 3. The van der Waals surface area contributed by atoms with Gasteiger partial charge in [-0.25, -0.2) is 4.98 Å². The van der Waals surface area contributed by atoms with Gasteiger partial charge in [0.15, 0.2) is 5.82 Å². The van der Waals surface area contributed by atoms with E-state index in [-0.39, 0.29) is 5.28 Å². The van der Waals surface area contributed by atoms with E-state index in [1.165, 1.54) is 0 Å². The lowest BCUT2D eigenvalue weighted by molar-refractivity contribution is 1.07. The largest absolute Gasteiger partial charge is 0.361 e. The van der Waals surface area contributed by atoms with Crippen molar-refractivity contribution in [2.24, 2.45) is 0 Å². The smallest absolute Gasteiger partial charge is 0.224 e. The molecule has 0 spiro atoms. The summed E-state index contributed by atoms with van der Waals surface area (Å²) in [6, 6.07) is 0. The fourth-order valence-corrected chi connectivity index (χ4v) is 2.57. The molecular formula is C10H10ClN3S. The van der Waals surface area contributed by atoms with E-state index in [1.54, 1.807) is 17.4 Å². The Morgan fingerprint density at radius 3 is 2.80 bits per heavy atom. The molecule has 0 aliphatic carbocycles. The van der Waals surface area contributed by atoms with Crippen LogP contribution in [0, 0.1) is 0 Å². The van der Waals surface area contributed by atoms with E-state index in [0.717, 1.165) is 21.6 Å².